The second kappa shape index (κ2) is 12.2. The minimum Gasteiger partial charge on any atom is -0.465 e. The van der Waals surface area contributed by atoms with E-state index in [2.05, 4.69) is 6.92 Å². The zero-order valence-electron chi connectivity index (χ0n) is 13.5. The summed E-state index contributed by atoms with van der Waals surface area (Å²) in [6.07, 6.45) is 17.8. The number of unbranched alkanes of at least 4 members (excludes halogenated alkanes) is 9. The molecule has 1 rings (SSSR count). The smallest absolute Gasteiger partial charge is 0.308 e. The Morgan fingerprint density at radius 3 is 1.90 bits per heavy atom. The molecule has 2 heteroatoms. The van der Waals surface area contributed by atoms with E-state index in [1.54, 1.807) is 0 Å². The van der Waals surface area contributed by atoms with E-state index in [4.69, 9.17) is 4.74 Å². The van der Waals surface area contributed by atoms with Gasteiger partial charge in [-0.25, -0.2) is 0 Å². The first-order chi connectivity index (χ1) is 9.84. The molecule has 0 amide bonds. The van der Waals surface area contributed by atoms with Crippen LogP contribution in [0.5, 0.6) is 0 Å². The number of hydrogen-bond donors (Lipinski definition) is 0. The Kier molecular flexibility index (Phi) is 10.7. The highest BCUT2D eigenvalue weighted by atomic mass is 16.5. The summed E-state index contributed by atoms with van der Waals surface area (Å²) in [7, 11) is 0. The van der Waals surface area contributed by atoms with Gasteiger partial charge in [0.05, 0.1) is 12.5 Å². The standard InChI is InChI=1S/C18H34O2/c1-2-3-4-5-6-7-8-9-10-13-16-20-18(19)17-14-11-12-15-17/h17H,2-16H2,1H3. The van der Waals surface area contributed by atoms with Crippen LogP contribution in [-0.2, 0) is 9.53 Å². The zero-order valence-corrected chi connectivity index (χ0v) is 13.5. The molecule has 0 aromatic heterocycles. The Morgan fingerprint density at radius 1 is 0.850 bits per heavy atom. The van der Waals surface area contributed by atoms with E-state index in [1.807, 2.05) is 0 Å². The van der Waals surface area contributed by atoms with Gasteiger partial charge in [-0.2, -0.15) is 0 Å². The fourth-order valence-electron chi connectivity index (χ4n) is 3.04. The average molecular weight is 282 g/mol. The summed E-state index contributed by atoms with van der Waals surface area (Å²) >= 11 is 0. The Morgan fingerprint density at radius 2 is 1.35 bits per heavy atom. The molecule has 2 nitrogen and oxygen atoms in total. The molecule has 0 heterocycles. The van der Waals surface area contributed by atoms with Crippen LogP contribution in [0.2, 0.25) is 0 Å². The summed E-state index contributed by atoms with van der Waals surface area (Å²) in [4.78, 5) is 11.7. The number of ether oxygens (including phenoxy) is 1. The maximum absolute atomic E-state index is 11.7. The van der Waals surface area contributed by atoms with Crippen molar-refractivity contribution in [2.24, 2.45) is 5.92 Å². The molecule has 20 heavy (non-hydrogen) atoms. The molecule has 1 fully saturated rings. The third-order valence-corrected chi connectivity index (χ3v) is 4.43. The van der Waals surface area contributed by atoms with Crippen molar-refractivity contribution in [2.45, 2.75) is 96.8 Å². The van der Waals surface area contributed by atoms with E-state index in [1.165, 1.54) is 70.6 Å². The van der Waals surface area contributed by atoms with Gasteiger partial charge in [0.25, 0.3) is 0 Å². The van der Waals surface area contributed by atoms with Crippen LogP contribution < -0.4 is 0 Å². The predicted octanol–water partition coefficient (Wildman–Crippen LogP) is 5.64. The molecule has 0 unspecified atom stereocenters. The lowest BCUT2D eigenvalue weighted by Crippen LogP contribution is -2.15. The molecule has 0 bridgehead atoms. The first-order valence-corrected chi connectivity index (χ1v) is 9.01. The molecule has 0 N–H and O–H groups in total. The molecule has 0 aliphatic heterocycles. The maximum atomic E-state index is 11.7. The van der Waals surface area contributed by atoms with Gasteiger partial charge in [0.15, 0.2) is 0 Å². The van der Waals surface area contributed by atoms with E-state index in [9.17, 15) is 4.79 Å². The first kappa shape index (κ1) is 17.5. The average Bonchev–Trinajstić information content (AvgIpc) is 2.99. The Bertz CT molecular complexity index is 232. The Balaban J connectivity index is 1.77. The zero-order chi connectivity index (χ0) is 14.5. The van der Waals surface area contributed by atoms with Crippen LogP contribution in [0, 0.1) is 5.92 Å². The van der Waals surface area contributed by atoms with Crippen LogP contribution in [0.4, 0.5) is 0 Å². The fourth-order valence-corrected chi connectivity index (χ4v) is 3.04. The molecule has 1 saturated carbocycles. The van der Waals surface area contributed by atoms with Crippen molar-refractivity contribution in [2.75, 3.05) is 6.61 Å². The van der Waals surface area contributed by atoms with Crippen molar-refractivity contribution < 1.29 is 9.53 Å². The van der Waals surface area contributed by atoms with Gasteiger partial charge in [-0.05, 0) is 19.3 Å². The molecule has 0 atom stereocenters. The minimum atomic E-state index is 0.0680. The molecular weight excluding hydrogens is 248 g/mol. The second-order valence-electron chi connectivity index (χ2n) is 6.33. The summed E-state index contributed by atoms with van der Waals surface area (Å²) in [6, 6.07) is 0. The van der Waals surface area contributed by atoms with Crippen molar-refractivity contribution >= 4 is 5.97 Å². The van der Waals surface area contributed by atoms with Gasteiger partial charge in [-0.3, -0.25) is 4.79 Å². The lowest BCUT2D eigenvalue weighted by atomic mass is 10.1. The van der Waals surface area contributed by atoms with Crippen molar-refractivity contribution in [1.29, 1.82) is 0 Å². The fraction of sp³-hybridized carbons (Fsp3) is 0.944. The summed E-state index contributed by atoms with van der Waals surface area (Å²) in [6.45, 7) is 2.91. The molecule has 0 saturated heterocycles. The normalized spacial score (nSPS) is 15.7. The molecule has 1 aliphatic rings. The lowest BCUT2D eigenvalue weighted by Gasteiger charge is -2.09. The summed E-state index contributed by atoms with van der Waals surface area (Å²) in [5.74, 6) is 0.288. The van der Waals surface area contributed by atoms with Gasteiger partial charge in [0, 0.05) is 0 Å². The van der Waals surface area contributed by atoms with E-state index in [0.29, 0.717) is 6.61 Å². The molecule has 1 aliphatic carbocycles. The van der Waals surface area contributed by atoms with Crippen LogP contribution in [-0.4, -0.2) is 12.6 Å². The third kappa shape index (κ3) is 8.60. The number of carbonyl (C=O) groups excluding carboxylic acids is 1. The van der Waals surface area contributed by atoms with Crippen molar-refractivity contribution in [3.05, 3.63) is 0 Å². The number of esters is 1. The van der Waals surface area contributed by atoms with E-state index < -0.39 is 0 Å². The van der Waals surface area contributed by atoms with Gasteiger partial charge >= 0.3 is 5.97 Å². The highest BCUT2D eigenvalue weighted by Crippen LogP contribution is 2.25. The van der Waals surface area contributed by atoms with E-state index in [-0.39, 0.29) is 11.9 Å². The van der Waals surface area contributed by atoms with Crippen LogP contribution in [0.1, 0.15) is 96.8 Å². The molecule has 118 valence electrons. The highest BCUT2D eigenvalue weighted by molar-refractivity contribution is 5.72. The number of rotatable bonds is 12. The van der Waals surface area contributed by atoms with Crippen LogP contribution >= 0.6 is 0 Å². The van der Waals surface area contributed by atoms with Gasteiger partial charge in [-0.1, -0.05) is 77.6 Å². The number of carbonyl (C=O) groups is 1. The van der Waals surface area contributed by atoms with Gasteiger partial charge < -0.3 is 4.74 Å². The molecule has 0 aromatic carbocycles. The molecule has 0 spiro atoms. The SMILES string of the molecule is CCCCCCCCCCCCOC(=O)C1CCCC1. The highest BCUT2D eigenvalue weighted by Gasteiger charge is 2.23. The summed E-state index contributed by atoms with van der Waals surface area (Å²) in [5.41, 5.74) is 0. The lowest BCUT2D eigenvalue weighted by molar-refractivity contribution is -0.148. The van der Waals surface area contributed by atoms with Gasteiger partial charge in [0.2, 0.25) is 0 Å². The minimum absolute atomic E-state index is 0.0680. The van der Waals surface area contributed by atoms with Gasteiger partial charge in [0.1, 0.15) is 0 Å². The largest absolute Gasteiger partial charge is 0.465 e. The third-order valence-electron chi connectivity index (χ3n) is 4.43. The molecule has 0 radical (unpaired) electrons. The Hall–Kier alpha value is -0.530. The van der Waals surface area contributed by atoms with Gasteiger partial charge in [-0.15, -0.1) is 0 Å². The van der Waals surface area contributed by atoms with Crippen molar-refractivity contribution in [1.82, 2.24) is 0 Å². The quantitative estimate of drug-likeness (QED) is 0.342. The number of hydrogen-bond acceptors (Lipinski definition) is 2. The van der Waals surface area contributed by atoms with E-state index >= 15 is 0 Å². The predicted molar refractivity (Wildman–Crippen MR) is 84.8 cm³/mol. The van der Waals surface area contributed by atoms with Crippen LogP contribution in [0.3, 0.4) is 0 Å². The summed E-state index contributed by atoms with van der Waals surface area (Å²) < 4.78 is 5.36. The monoisotopic (exact) mass is 282 g/mol. The Labute approximate surface area is 125 Å². The van der Waals surface area contributed by atoms with Crippen LogP contribution in [0.25, 0.3) is 0 Å². The van der Waals surface area contributed by atoms with E-state index in [0.717, 1.165) is 19.3 Å². The second-order valence-corrected chi connectivity index (χ2v) is 6.33. The molecular formula is C18H34O2. The summed E-state index contributed by atoms with van der Waals surface area (Å²) in [5, 5.41) is 0. The van der Waals surface area contributed by atoms with Crippen LogP contribution in [0.15, 0.2) is 0 Å². The topological polar surface area (TPSA) is 26.3 Å². The van der Waals surface area contributed by atoms with Crippen molar-refractivity contribution in [3.63, 3.8) is 0 Å². The first-order valence-electron chi connectivity index (χ1n) is 9.01. The molecule has 0 aromatic rings. The maximum Gasteiger partial charge on any atom is 0.308 e. The van der Waals surface area contributed by atoms with Crippen molar-refractivity contribution in [3.8, 4) is 0 Å².